The van der Waals surface area contributed by atoms with Gasteiger partial charge in [0.2, 0.25) is 0 Å². The van der Waals surface area contributed by atoms with Crippen molar-refractivity contribution in [3.05, 3.63) is 96.0 Å². The second-order valence-corrected chi connectivity index (χ2v) is 8.54. The van der Waals surface area contributed by atoms with Gasteiger partial charge in [0.25, 0.3) is 0 Å². The number of nitrogens with one attached hydrogen (secondary N) is 2. The molecule has 0 aliphatic rings. The van der Waals surface area contributed by atoms with Gasteiger partial charge in [0.15, 0.2) is 22.6 Å². The maximum atomic E-state index is 12.9. The van der Waals surface area contributed by atoms with E-state index in [-0.39, 0.29) is 0 Å². The van der Waals surface area contributed by atoms with Crippen molar-refractivity contribution in [3.8, 4) is 0 Å². The first-order chi connectivity index (χ1) is 15.2. The normalized spacial score (nSPS) is 12.0. The maximum absolute atomic E-state index is 12.9. The van der Waals surface area contributed by atoms with Gasteiger partial charge in [-0.25, -0.2) is 14.2 Å². The summed E-state index contributed by atoms with van der Waals surface area (Å²) in [6.07, 6.45) is 0. The summed E-state index contributed by atoms with van der Waals surface area (Å²) in [6.45, 7) is 0. The minimum absolute atomic E-state index is 0.403. The Bertz CT molecular complexity index is 1420. The molecular formula is C24H17ClN4OS. The zero-order valence-electron chi connectivity index (χ0n) is 16.2. The monoisotopic (exact) mass is 444 g/mol. The number of benzene rings is 4. The van der Waals surface area contributed by atoms with Crippen LogP contribution in [0.15, 0.2) is 95.9 Å². The largest absolute Gasteiger partial charge is 0.337 e. The lowest BCUT2D eigenvalue weighted by Gasteiger charge is -2.14. The molecule has 7 heteroatoms. The number of hydrogen-bond acceptors (Lipinski definition) is 4. The highest BCUT2D eigenvalue weighted by Crippen LogP contribution is 2.30. The Balaban J connectivity index is 1.57. The van der Waals surface area contributed by atoms with Crippen molar-refractivity contribution >= 4 is 61.7 Å². The van der Waals surface area contributed by atoms with Crippen LogP contribution in [0, 0.1) is 0 Å². The summed E-state index contributed by atoms with van der Waals surface area (Å²) < 4.78 is 15.9. The number of fused-ring (bicyclic) bond motifs is 2. The zero-order valence-corrected chi connectivity index (χ0v) is 17.8. The van der Waals surface area contributed by atoms with E-state index < -0.39 is 11.0 Å². The Kier molecular flexibility index (Phi) is 5.24. The van der Waals surface area contributed by atoms with Gasteiger partial charge in [0.1, 0.15) is 0 Å². The molecule has 0 amide bonds. The molecule has 2 N–H and O–H groups in total. The molecular weight excluding hydrogens is 428 g/mol. The number of nitrogens with zero attached hydrogens (tertiary/aromatic N) is 2. The van der Waals surface area contributed by atoms with E-state index in [4.69, 9.17) is 16.6 Å². The number of para-hydroxylation sites is 2. The Morgan fingerprint density at radius 1 is 0.710 bits per heavy atom. The highest BCUT2D eigenvalue weighted by atomic mass is 35.5. The lowest BCUT2D eigenvalue weighted by atomic mass is 10.1. The molecule has 152 valence electrons. The summed E-state index contributed by atoms with van der Waals surface area (Å²) in [7, 11) is -1.53. The SMILES string of the molecule is O=S(Nc1nc2ccccc2nc1Nc1cccc2ccccc12)c1ccc(Cl)cc1. The summed E-state index contributed by atoms with van der Waals surface area (Å²) in [5.74, 6) is 0.900. The molecule has 0 aliphatic heterocycles. The molecule has 5 aromatic rings. The molecule has 1 unspecified atom stereocenters. The van der Waals surface area contributed by atoms with E-state index in [0.29, 0.717) is 27.1 Å². The summed E-state index contributed by atoms with van der Waals surface area (Å²) in [5.41, 5.74) is 2.35. The molecule has 0 aliphatic carbocycles. The van der Waals surface area contributed by atoms with Crippen molar-refractivity contribution in [2.24, 2.45) is 0 Å². The summed E-state index contributed by atoms with van der Waals surface area (Å²) >= 11 is 5.95. The quantitative estimate of drug-likeness (QED) is 0.333. The fourth-order valence-electron chi connectivity index (χ4n) is 3.33. The number of hydrogen-bond donors (Lipinski definition) is 2. The molecule has 0 spiro atoms. The molecule has 0 saturated carbocycles. The fourth-order valence-corrected chi connectivity index (χ4v) is 4.27. The van der Waals surface area contributed by atoms with Gasteiger partial charge in [-0.3, -0.25) is 4.72 Å². The maximum Gasteiger partial charge on any atom is 0.182 e. The van der Waals surface area contributed by atoms with Gasteiger partial charge in [0, 0.05) is 16.1 Å². The summed E-state index contributed by atoms with van der Waals surface area (Å²) in [4.78, 5) is 10.0. The number of anilines is 3. The summed E-state index contributed by atoms with van der Waals surface area (Å²) in [6, 6.07) is 28.6. The van der Waals surface area contributed by atoms with Gasteiger partial charge in [-0.1, -0.05) is 60.1 Å². The first-order valence-corrected chi connectivity index (χ1v) is 11.2. The number of halogens is 1. The minimum Gasteiger partial charge on any atom is -0.337 e. The first-order valence-electron chi connectivity index (χ1n) is 9.63. The van der Waals surface area contributed by atoms with Crippen molar-refractivity contribution in [1.82, 2.24) is 9.97 Å². The molecule has 31 heavy (non-hydrogen) atoms. The lowest BCUT2D eigenvalue weighted by Crippen LogP contribution is -2.10. The smallest absolute Gasteiger partial charge is 0.182 e. The number of aromatic nitrogens is 2. The molecule has 5 rings (SSSR count). The van der Waals surface area contributed by atoms with E-state index in [9.17, 15) is 4.21 Å². The van der Waals surface area contributed by atoms with Crippen LogP contribution >= 0.6 is 11.6 Å². The van der Waals surface area contributed by atoms with Gasteiger partial charge < -0.3 is 5.32 Å². The molecule has 0 radical (unpaired) electrons. The molecule has 5 nitrogen and oxygen atoms in total. The first kappa shape index (κ1) is 19.5. The van der Waals surface area contributed by atoms with Gasteiger partial charge in [-0.15, -0.1) is 0 Å². The molecule has 0 fully saturated rings. The standard InChI is InChI=1S/C24H17ClN4OS/c25-17-12-14-18(15-13-17)31(30)29-24-23(27-21-9-3-4-10-22(21)28-24)26-20-11-5-7-16-6-1-2-8-19(16)20/h1-15H,(H,26,27)(H,28,29). The second kappa shape index (κ2) is 8.34. The van der Waals surface area contributed by atoms with Crippen LogP contribution in [0.1, 0.15) is 0 Å². The topological polar surface area (TPSA) is 66.9 Å². The Morgan fingerprint density at radius 3 is 2.13 bits per heavy atom. The van der Waals surface area contributed by atoms with Crippen LogP contribution in [0.25, 0.3) is 21.8 Å². The third-order valence-corrected chi connectivity index (χ3v) is 6.16. The Labute approximate surface area is 186 Å². The van der Waals surface area contributed by atoms with Crippen LogP contribution in [0.2, 0.25) is 5.02 Å². The van der Waals surface area contributed by atoms with Crippen LogP contribution in [-0.2, 0) is 11.0 Å². The Hall–Kier alpha value is -3.48. The van der Waals surface area contributed by atoms with Gasteiger partial charge in [-0.05, 0) is 47.9 Å². The molecule has 0 bridgehead atoms. The van der Waals surface area contributed by atoms with Crippen LogP contribution in [-0.4, -0.2) is 14.2 Å². The van der Waals surface area contributed by atoms with E-state index in [2.05, 4.69) is 27.2 Å². The lowest BCUT2D eigenvalue weighted by molar-refractivity contribution is 0.686. The molecule has 0 saturated heterocycles. The zero-order chi connectivity index (χ0) is 21.2. The average Bonchev–Trinajstić information content (AvgIpc) is 2.80. The van der Waals surface area contributed by atoms with Crippen molar-refractivity contribution in [2.75, 3.05) is 10.0 Å². The van der Waals surface area contributed by atoms with E-state index >= 15 is 0 Å². The third-order valence-electron chi connectivity index (χ3n) is 4.83. The van der Waals surface area contributed by atoms with Gasteiger partial charge in [0.05, 0.1) is 15.9 Å². The molecule has 1 heterocycles. The highest BCUT2D eigenvalue weighted by molar-refractivity contribution is 7.86. The van der Waals surface area contributed by atoms with Crippen LogP contribution in [0.5, 0.6) is 0 Å². The van der Waals surface area contributed by atoms with Crippen LogP contribution in [0.3, 0.4) is 0 Å². The van der Waals surface area contributed by atoms with Crippen molar-refractivity contribution in [1.29, 1.82) is 0 Å². The molecule has 1 atom stereocenters. The summed E-state index contributed by atoms with van der Waals surface area (Å²) in [5, 5.41) is 6.14. The van der Waals surface area contributed by atoms with Crippen molar-refractivity contribution < 1.29 is 4.21 Å². The van der Waals surface area contributed by atoms with Crippen molar-refractivity contribution in [2.45, 2.75) is 4.90 Å². The predicted octanol–water partition coefficient (Wildman–Crippen LogP) is 6.31. The van der Waals surface area contributed by atoms with E-state index in [1.165, 1.54) is 0 Å². The highest BCUT2D eigenvalue weighted by Gasteiger charge is 2.14. The van der Waals surface area contributed by atoms with Gasteiger partial charge in [-0.2, -0.15) is 0 Å². The van der Waals surface area contributed by atoms with E-state index in [0.717, 1.165) is 22.0 Å². The fraction of sp³-hybridized carbons (Fsp3) is 0. The van der Waals surface area contributed by atoms with Gasteiger partial charge >= 0.3 is 0 Å². The average molecular weight is 445 g/mol. The Morgan fingerprint density at radius 2 is 1.35 bits per heavy atom. The third kappa shape index (κ3) is 4.08. The van der Waals surface area contributed by atoms with E-state index in [1.54, 1.807) is 24.3 Å². The van der Waals surface area contributed by atoms with E-state index in [1.807, 2.05) is 54.6 Å². The molecule has 4 aromatic carbocycles. The van der Waals surface area contributed by atoms with Crippen LogP contribution < -0.4 is 10.0 Å². The predicted molar refractivity (Wildman–Crippen MR) is 128 cm³/mol. The van der Waals surface area contributed by atoms with Crippen molar-refractivity contribution in [3.63, 3.8) is 0 Å². The number of rotatable bonds is 5. The minimum atomic E-state index is -1.53. The molecule has 1 aromatic heterocycles. The second-order valence-electron chi connectivity index (χ2n) is 6.89. The van der Waals surface area contributed by atoms with Crippen LogP contribution in [0.4, 0.5) is 17.3 Å².